The summed E-state index contributed by atoms with van der Waals surface area (Å²) in [6.07, 6.45) is 0.938. The first-order valence-corrected chi connectivity index (χ1v) is 6.24. The lowest BCUT2D eigenvalue weighted by atomic mass is 10.3. The highest BCUT2D eigenvalue weighted by molar-refractivity contribution is 7.80. The van der Waals surface area contributed by atoms with E-state index in [4.69, 9.17) is 21.7 Å². The van der Waals surface area contributed by atoms with Gasteiger partial charge in [0.25, 0.3) is 0 Å². The Balaban J connectivity index is 2.46. The highest BCUT2D eigenvalue weighted by atomic mass is 32.1. The normalized spacial score (nSPS) is 9.94. The van der Waals surface area contributed by atoms with E-state index in [9.17, 15) is 0 Å². The first kappa shape index (κ1) is 14.7. The maximum absolute atomic E-state index is 5.31. The summed E-state index contributed by atoms with van der Waals surface area (Å²) in [5, 5.41) is 3.90. The van der Waals surface area contributed by atoms with Crippen LogP contribution >= 0.6 is 12.2 Å². The first-order chi connectivity index (χ1) is 8.69. The van der Waals surface area contributed by atoms with Gasteiger partial charge < -0.3 is 19.7 Å². The van der Waals surface area contributed by atoms with Crippen LogP contribution in [0.2, 0.25) is 0 Å². The highest BCUT2D eigenvalue weighted by Gasteiger charge is 2.06. The van der Waals surface area contributed by atoms with Crippen molar-refractivity contribution in [1.82, 2.24) is 5.32 Å². The van der Waals surface area contributed by atoms with Gasteiger partial charge in [0, 0.05) is 33.0 Å². The Hall–Kier alpha value is -1.33. The third-order valence-electron chi connectivity index (χ3n) is 2.57. The van der Waals surface area contributed by atoms with E-state index in [2.05, 4.69) is 5.32 Å². The third kappa shape index (κ3) is 4.50. The van der Waals surface area contributed by atoms with Crippen LogP contribution in [-0.4, -0.2) is 39.5 Å². The minimum Gasteiger partial charge on any atom is -0.497 e. The van der Waals surface area contributed by atoms with Crippen LogP contribution in [-0.2, 0) is 4.74 Å². The van der Waals surface area contributed by atoms with Crippen LogP contribution < -0.4 is 15.0 Å². The molecule has 0 unspecified atom stereocenters. The fourth-order valence-corrected chi connectivity index (χ4v) is 1.66. The molecular weight excluding hydrogens is 248 g/mol. The molecule has 0 bridgehead atoms. The Morgan fingerprint density at radius 3 is 2.50 bits per heavy atom. The number of hydrogen-bond donors (Lipinski definition) is 1. The van der Waals surface area contributed by atoms with Gasteiger partial charge in [-0.2, -0.15) is 0 Å². The Kier molecular flexibility index (Phi) is 6.46. The molecule has 5 heteroatoms. The number of hydrogen-bond acceptors (Lipinski definition) is 3. The first-order valence-electron chi connectivity index (χ1n) is 5.83. The molecule has 4 nitrogen and oxygen atoms in total. The lowest BCUT2D eigenvalue weighted by Crippen LogP contribution is -2.37. The summed E-state index contributed by atoms with van der Waals surface area (Å²) >= 11 is 5.31. The quantitative estimate of drug-likeness (QED) is 0.631. The van der Waals surface area contributed by atoms with Gasteiger partial charge in [-0.15, -0.1) is 0 Å². The van der Waals surface area contributed by atoms with Gasteiger partial charge >= 0.3 is 0 Å². The number of ether oxygens (including phenoxy) is 2. The van der Waals surface area contributed by atoms with Gasteiger partial charge in [0.2, 0.25) is 0 Å². The summed E-state index contributed by atoms with van der Waals surface area (Å²) < 4.78 is 10.1. The Bertz CT molecular complexity index is 368. The van der Waals surface area contributed by atoms with E-state index in [1.165, 1.54) is 0 Å². The highest BCUT2D eigenvalue weighted by Crippen LogP contribution is 2.18. The number of anilines is 1. The van der Waals surface area contributed by atoms with Gasteiger partial charge in [-0.3, -0.25) is 0 Å². The molecule has 0 heterocycles. The second-order valence-electron chi connectivity index (χ2n) is 3.84. The van der Waals surface area contributed by atoms with E-state index in [1.54, 1.807) is 14.2 Å². The van der Waals surface area contributed by atoms with Crippen LogP contribution in [0.3, 0.4) is 0 Å². The van der Waals surface area contributed by atoms with Crippen molar-refractivity contribution in [3.05, 3.63) is 24.3 Å². The summed E-state index contributed by atoms with van der Waals surface area (Å²) in [6, 6.07) is 7.78. The van der Waals surface area contributed by atoms with Gasteiger partial charge in [0.1, 0.15) is 5.75 Å². The van der Waals surface area contributed by atoms with E-state index in [1.807, 2.05) is 36.2 Å². The van der Waals surface area contributed by atoms with Crippen molar-refractivity contribution in [2.45, 2.75) is 6.42 Å². The Morgan fingerprint density at radius 1 is 1.28 bits per heavy atom. The largest absolute Gasteiger partial charge is 0.497 e. The fourth-order valence-electron chi connectivity index (χ4n) is 1.45. The average Bonchev–Trinajstić information content (AvgIpc) is 2.42. The van der Waals surface area contributed by atoms with Crippen molar-refractivity contribution in [2.24, 2.45) is 0 Å². The topological polar surface area (TPSA) is 33.7 Å². The lowest BCUT2D eigenvalue weighted by Gasteiger charge is -2.21. The van der Waals surface area contributed by atoms with Gasteiger partial charge in [-0.25, -0.2) is 0 Å². The van der Waals surface area contributed by atoms with E-state index in [0.717, 1.165) is 31.0 Å². The van der Waals surface area contributed by atoms with E-state index >= 15 is 0 Å². The maximum atomic E-state index is 5.31. The summed E-state index contributed by atoms with van der Waals surface area (Å²) in [7, 11) is 5.29. The predicted octanol–water partition coefficient (Wildman–Crippen LogP) is 2.04. The molecule has 1 aromatic carbocycles. The van der Waals surface area contributed by atoms with Crippen LogP contribution in [0.1, 0.15) is 6.42 Å². The maximum Gasteiger partial charge on any atom is 0.173 e. The van der Waals surface area contributed by atoms with Gasteiger partial charge in [0.15, 0.2) is 5.11 Å². The molecule has 100 valence electrons. The third-order valence-corrected chi connectivity index (χ3v) is 2.98. The van der Waals surface area contributed by atoms with Crippen LogP contribution in [0.25, 0.3) is 0 Å². The van der Waals surface area contributed by atoms with Crippen LogP contribution in [0.5, 0.6) is 5.75 Å². The fraction of sp³-hybridized carbons (Fsp3) is 0.462. The molecule has 0 aliphatic carbocycles. The number of rotatable bonds is 6. The van der Waals surface area contributed by atoms with Crippen molar-refractivity contribution in [1.29, 1.82) is 0 Å². The molecular formula is C13H20N2O2S. The molecule has 1 N–H and O–H groups in total. The van der Waals surface area contributed by atoms with Gasteiger partial charge in [-0.05, 0) is 42.9 Å². The van der Waals surface area contributed by atoms with Crippen molar-refractivity contribution in [2.75, 3.05) is 39.3 Å². The summed E-state index contributed by atoms with van der Waals surface area (Å²) in [5.41, 5.74) is 1.03. The molecule has 0 radical (unpaired) electrons. The zero-order valence-electron chi connectivity index (χ0n) is 11.1. The van der Waals surface area contributed by atoms with Crippen molar-refractivity contribution in [3.63, 3.8) is 0 Å². The van der Waals surface area contributed by atoms with E-state index in [-0.39, 0.29) is 0 Å². The van der Waals surface area contributed by atoms with Crippen molar-refractivity contribution < 1.29 is 9.47 Å². The number of benzene rings is 1. The molecule has 0 aliphatic heterocycles. The lowest BCUT2D eigenvalue weighted by molar-refractivity contribution is 0.195. The second-order valence-corrected chi connectivity index (χ2v) is 4.22. The molecule has 1 rings (SSSR count). The smallest absolute Gasteiger partial charge is 0.173 e. The number of nitrogens with one attached hydrogen (secondary N) is 1. The SMILES string of the molecule is COCCCNC(=S)N(C)c1ccc(OC)cc1. The van der Waals surface area contributed by atoms with Crippen molar-refractivity contribution in [3.8, 4) is 5.75 Å². The second kappa shape index (κ2) is 7.89. The van der Waals surface area contributed by atoms with Gasteiger partial charge in [-0.1, -0.05) is 0 Å². The van der Waals surface area contributed by atoms with Gasteiger partial charge in [0.05, 0.1) is 7.11 Å². The number of methoxy groups -OCH3 is 2. The van der Waals surface area contributed by atoms with Crippen LogP contribution in [0.15, 0.2) is 24.3 Å². The minimum absolute atomic E-state index is 0.705. The standard InChI is InChI=1S/C13H20N2O2S/c1-15(13(18)14-9-4-10-16-2)11-5-7-12(17-3)8-6-11/h5-8H,4,9-10H2,1-3H3,(H,14,18). The van der Waals surface area contributed by atoms with Crippen molar-refractivity contribution >= 4 is 23.0 Å². The average molecular weight is 268 g/mol. The van der Waals surface area contributed by atoms with E-state index in [0.29, 0.717) is 5.11 Å². The zero-order chi connectivity index (χ0) is 13.4. The molecule has 0 amide bonds. The van der Waals surface area contributed by atoms with Crippen LogP contribution in [0, 0.1) is 0 Å². The zero-order valence-corrected chi connectivity index (χ0v) is 11.9. The molecule has 1 aromatic rings. The monoisotopic (exact) mass is 268 g/mol. The molecule has 0 saturated heterocycles. The minimum atomic E-state index is 0.705. The predicted molar refractivity (Wildman–Crippen MR) is 78.5 cm³/mol. The molecule has 0 fully saturated rings. The Morgan fingerprint density at radius 2 is 1.94 bits per heavy atom. The number of thiocarbonyl (C=S) groups is 1. The summed E-state index contributed by atoms with van der Waals surface area (Å²) in [6.45, 7) is 1.55. The Labute approximate surface area is 114 Å². The molecule has 0 aliphatic rings. The van der Waals surface area contributed by atoms with Crippen LogP contribution in [0.4, 0.5) is 5.69 Å². The summed E-state index contributed by atoms with van der Waals surface area (Å²) in [5.74, 6) is 0.839. The molecule has 0 spiro atoms. The summed E-state index contributed by atoms with van der Waals surface area (Å²) in [4.78, 5) is 1.93. The van der Waals surface area contributed by atoms with E-state index < -0.39 is 0 Å². The molecule has 0 saturated carbocycles. The molecule has 18 heavy (non-hydrogen) atoms. The molecule has 0 atom stereocenters. The number of nitrogens with zero attached hydrogens (tertiary/aromatic N) is 1. The molecule has 0 aromatic heterocycles.